The van der Waals surface area contributed by atoms with Gasteiger partial charge in [0, 0.05) is 52.4 Å². The van der Waals surface area contributed by atoms with E-state index in [4.69, 9.17) is 20.9 Å². The fourth-order valence-corrected chi connectivity index (χ4v) is 5.13. The van der Waals surface area contributed by atoms with E-state index in [1.807, 2.05) is 48.5 Å². The van der Waals surface area contributed by atoms with Gasteiger partial charge in [0.05, 0.1) is 0 Å². The summed E-state index contributed by atoms with van der Waals surface area (Å²) in [6.07, 6.45) is 0. The van der Waals surface area contributed by atoms with Gasteiger partial charge in [0.2, 0.25) is 0 Å². The second-order valence-corrected chi connectivity index (χ2v) is 10.4. The van der Waals surface area contributed by atoms with Crippen LogP contribution in [-0.4, -0.2) is 13.5 Å². The minimum Gasteiger partial charge on any atom is -0.473 e. The highest BCUT2D eigenvalue weighted by molar-refractivity contribution is 5.57. The second kappa shape index (κ2) is 8.96. The van der Waals surface area contributed by atoms with Crippen molar-refractivity contribution in [2.75, 3.05) is 34.7 Å². The molecule has 0 bridgehead atoms. The summed E-state index contributed by atoms with van der Waals surface area (Å²) in [7, 11) is 0. The van der Waals surface area contributed by atoms with E-state index >= 15 is 0 Å². The summed E-state index contributed by atoms with van der Waals surface area (Å²) in [5, 5.41) is 0. The van der Waals surface area contributed by atoms with Crippen molar-refractivity contribution in [1.29, 1.82) is 0 Å². The van der Waals surface area contributed by atoms with Gasteiger partial charge in [-0.05, 0) is 83.9 Å². The van der Waals surface area contributed by atoms with Crippen LogP contribution in [0.25, 0.3) is 0 Å². The number of ether oxygens (including phenoxy) is 2. The summed E-state index contributed by atoms with van der Waals surface area (Å²) in [4.78, 5) is 4.45. The molecule has 4 aromatic carbocycles. The fraction of sp³-hybridized carbons (Fsp3) is 0.226. The van der Waals surface area contributed by atoms with Gasteiger partial charge in [0.15, 0.2) is 13.5 Å². The molecule has 0 radical (unpaired) electrons. The van der Waals surface area contributed by atoms with Gasteiger partial charge in [-0.1, -0.05) is 26.0 Å². The smallest absolute Gasteiger partial charge is 0.161 e. The first-order valence-corrected chi connectivity index (χ1v) is 12.6. The largest absolute Gasteiger partial charge is 0.473 e. The Labute approximate surface area is 218 Å². The van der Waals surface area contributed by atoms with Crippen LogP contribution in [0.4, 0.5) is 22.7 Å². The molecule has 0 spiro atoms. The van der Waals surface area contributed by atoms with Crippen molar-refractivity contribution in [1.82, 2.24) is 0 Å². The number of nitrogen functional groups attached to an aromatic ring is 2. The zero-order valence-electron chi connectivity index (χ0n) is 21.3. The third kappa shape index (κ3) is 4.40. The summed E-state index contributed by atoms with van der Waals surface area (Å²) in [5.74, 6) is 1.90. The molecule has 0 aliphatic carbocycles. The quantitative estimate of drug-likeness (QED) is 0.346. The molecule has 6 rings (SSSR count). The molecule has 0 unspecified atom stereocenters. The van der Waals surface area contributed by atoms with Gasteiger partial charge >= 0.3 is 0 Å². The van der Waals surface area contributed by atoms with Crippen molar-refractivity contribution < 1.29 is 9.47 Å². The number of fused-ring (bicyclic) bond motifs is 2. The molecule has 188 valence electrons. The first-order chi connectivity index (χ1) is 17.9. The van der Waals surface area contributed by atoms with Gasteiger partial charge in [-0.2, -0.15) is 0 Å². The molecule has 2 heterocycles. The van der Waals surface area contributed by atoms with Crippen molar-refractivity contribution in [3.05, 3.63) is 107 Å². The van der Waals surface area contributed by atoms with Gasteiger partial charge in [0.25, 0.3) is 0 Å². The minimum absolute atomic E-state index is 0.197. The SMILES string of the molecule is CC(C)(c1ccc2c(c1)CN(c1ccc(N)cc1)CO2)c1ccc2c(c1)CN(c1ccc(N)cc1)CO2. The van der Waals surface area contributed by atoms with Gasteiger partial charge in [0.1, 0.15) is 11.5 Å². The zero-order chi connectivity index (χ0) is 25.6. The Morgan fingerprint density at radius 1 is 0.595 bits per heavy atom. The first kappa shape index (κ1) is 23.1. The third-order valence-corrected chi connectivity index (χ3v) is 7.56. The molecular weight excluding hydrogens is 460 g/mol. The predicted molar refractivity (Wildman–Crippen MR) is 150 cm³/mol. The molecule has 6 nitrogen and oxygen atoms in total. The second-order valence-electron chi connectivity index (χ2n) is 10.4. The lowest BCUT2D eigenvalue weighted by Crippen LogP contribution is -2.33. The first-order valence-electron chi connectivity index (χ1n) is 12.6. The summed E-state index contributed by atoms with van der Waals surface area (Å²) < 4.78 is 12.2. The Balaban J connectivity index is 1.26. The Morgan fingerprint density at radius 2 is 1.00 bits per heavy atom. The monoisotopic (exact) mass is 492 g/mol. The highest BCUT2D eigenvalue weighted by atomic mass is 16.5. The van der Waals surface area contributed by atoms with E-state index in [0.29, 0.717) is 13.5 Å². The van der Waals surface area contributed by atoms with Gasteiger partial charge in [-0.3, -0.25) is 0 Å². The van der Waals surface area contributed by atoms with E-state index in [1.165, 1.54) is 22.3 Å². The van der Waals surface area contributed by atoms with Crippen LogP contribution in [0.3, 0.4) is 0 Å². The van der Waals surface area contributed by atoms with Crippen LogP contribution in [0.2, 0.25) is 0 Å². The van der Waals surface area contributed by atoms with E-state index < -0.39 is 0 Å². The van der Waals surface area contributed by atoms with E-state index in [1.54, 1.807) is 0 Å². The molecule has 0 aromatic heterocycles. The van der Waals surface area contributed by atoms with Crippen molar-refractivity contribution in [2.24, 2.45) is 0 Å². The average molecular weight is 493 g/mol. The van der Waals surface area contributed by atoms with Crippen LogP contribution in [0.5, 0.6) is 11.5 Å². The molecule has 2 aliphatic heterocycles. The molecule has 4 aromatic rings. The maximum Gasteiger partial charge on any atom is 0.161 e. The molecule has 0 amide bonds. The number of hydrogen-bond acceptors (Lipinski definition) is 6. The molecule has 0 saturated heterocycles. The van der Waals surface area contributed by atoms with Crippen molar-refractivity contribution in [3.63, 3.8) is 0 Å². The Hall–Kier alpha value is -4.32. The summed E-state index contributed by atoms with van der Waals surface area (Å²) >= 11 is 0. The van der Waals surface area contributed by atoms with E-state index in [9.17, 15) is 0 Å². The number of anilines is 4. The molecule has 0 saturated carbocycles. The highest BCUT2D eigenvalue weighted by Gasteiger charge is 2.28. The predicted octanol–water partition coefficient (Wildman–Crippen LogP) is 5.89. The third-order valence-electron chi connectivity index (χ3n) is 7.56. The molecule has 37 heavy (non-hydrogen) atoms. The lowest BCUT2D eigenvalue weighted by molar-refractivity contribution is 0.288. The molecule has 6 heteroatoms. The maximum atomic E-state index is 6.09. The normalized spacial score (nSPS) is 14.9. The number of nitrogens with zero attached hydrogens (tertiary/aromatic N) is 2. The molecule has 0 fully saturated rings. The van der Waals surface area contributed by atoms with E-state index in [-0.39, 0.29) is 5.41 Å². The molecular formula is C31H32N4O2. The van der Waals surface area contributed by atoms with Crippen LogP contribution in [0.1, 0.15) is 36.1 Å². The fourth-order valence-electron chi connectivity index (χ4n) is 5.13. The van der Waals surface area contributed by atoms with Gasteiger partial charge in [-0.15, -0.1) is 0 Å². The van der Waals surface area contributed by atoms with Gasteiger partial charge in [-0.25, -0.2) is 0 Å². The topological polar surface area (TPSA) is 77.0 Å². The van der Waals surface area contributed by atoms with E-state index in [2.05, 4.69) is 60.0 Å². The maximum absolute atomic E-state index is 6.09. The molecule has 0 atom stereocenters. The van der Waals surface area contributed by atoms with Crippen LogP contribution in [-0.2, 0) is 18.5 Å². The summed E-state index contributed by atoms with van der Waals surface area (Å²) in [5.41, 5.74) is 20.2. The lowest BCUT2D eigenvalue weighted by atomic mass is 9.77. The Kier molecular flexibility index (Phi) is 5.60. The number of benzene rings is 4. The summed E-state index contributed by atoms with van der Waals surface area (Å²) in [6.45, 7) is 7.18. The lowest BCUT2D eigenvalue weighted by Gasteiger charge is -2.34. The number of rotatable bonds is 4. The van der Waals surface area contributed by atoms with Crippen molar-refractivity contribution in [3.8, 4) is 11.5 Å². The Morgan fingerprint density at radius 3 is 1.41 bits per heavy atom. The highest BCUT2D eigenvalue weighted by Crippen LogP contribution is 2.39. The number of nitrogens with two attached hydrogens (primary N) is 2. The average Bonchev–Trinajstić information content (AvgIpc) is 2.92. The van der Waals surface area contributed by atoms with Crippen LogP contribution in [0, 0.1) is 0 Å². The van der Waals surface area contributed by atoms with Crippen LogP contribution < -0.4 is 30.7 Å². The van der Waals surface area contributed by atoms with Crippen molar-refractivity contribution in [2.45, 2.75) is 32.4 Å². The molecule has 2 aliphatic rings. The van der Waals surface area contributed by atoms with Crippen LogP contribution in [0.15, 0.2) is 84.9 Å². The van der Waals surface area contributed by atoms with Gasteiger partial charge < -0.3 is 30.7 Å². The Bertz CT molecular complexity index is 1320. The molecule has 4 N–H and O–H groups in total. The summed E-state index contributed by atoms with van der Waals surface area (Å²) in [6, 6.07) is 29.1. The van der Waals surface area contributed by atoms with Crippen molar-refractivity contribution >= 4 is 22.7 Å². The minimum atomic E-state index is -0.197. The van der Waals surface area contributed by atoms with Crippen LogP contribution >= 0.6 is 0 Å². The zero-order valence-corrected chi connectivity index (χ0v) is 21.3. The number of hydrogen-bond donors (Lipinski definition) is 2. The van der Waals surface area contributed by atoms with E-state index in [0.717, 1.165) is 47.3 Å². The standard InChI is InChI=1S/C31H32N4O2/c1-31(2,23-3-13-29-21(15-23)17-34(19-36-29)27-9-5-25(32)6-10-27)24-4-14-30-22(16-24)18-35(20-37-30)28-11-7-26(33)8-12-28/h3-16H,17-20,32-33H2,1-2H3.